The number of aromatic nitrogens is 2. The summed E-state index contributed by atoms with van der Waals surface area (Å²) in [7, 11) is 3.22. The first kappa shape index (κ1) is 19.0. The van der Waals surface area contributed by atoms with Gasteiger partial charge in [0, 0.05) is 42.6 Å². The van der Waals surface area contributed by atoms with Crippen molar-refractivity contribution in [1.82, 2.24) is 15.0 Å². The Kier molecular flexibility index (Phi) is 5.20. The van der Waals surface area contributed by atoms with Crippen molar-refractivity contribution in [3.63, 3.8) is 0 Å². The van der Waals surface area contributed by atoms with E-state index in [1.54, 1.807) is 19.1 Å². The average molecular weight is 393 g/mol. The standard InChI is InChI=1S/C22H23N3O4/c1-14-6-4-5-7-18(14)22-23-21(24-29-22)16-10-20(26)25(13-16)12-15-8-9-17(27-2)11-19(15)28-3/h4-9,11,16H,10,12-13H2,1-3H3. The van der Waals surface area contributed by atoms with Crippen LogP contribution < -0.4 is 9.47 Å². The van der Waals surface area contributed by atoms with E-state index < -0.39 is 0 Å². The lowest BCUT2D eigenvalue weighted by atomic mass is 10.1. The number of carbonyl (C=O) groups is 1. The number of aryl methyl sites for hydroxylation is 1. The van der Waals surface area contributed by atoms with Gasteiger partial charge in [0.15, 0.2) is 5.82 Å². The van der Waals surface area contributed by atoms with E-state index in [1.807, 2.05) is 49.4 Å². The molecule has 1 fully saturated rings. The molecule has 1 aliphatic heterocycles. The zero-order valence-corrected chi connectivity index (χ0v) is 16.7. The molecule has 1 saturated heterocycles. The first-order valence-corrected chi connectivity index (χ1v) is 9.47. The van der Waals surface area contributed by atoms with Crippen molar-refractivity contribution in [3.8, 4) is 23.0 Å². The Labute approximate surface area is 169 Å². The minimum atomic E-state index is -0.0896. The molecule has 1 aliphatic rings. The Hall–Kier alpha value is -3.35. The second-order valence-corrected chi connectivity index (χ2v) is 7.13. The van der Waals surface area contributed by atoms with Crippen LogP contribution >= 0.6 is 0 Å². The highest BCUT2D eigenvalue weighted by Gasteiger charge is 2.34. The summed E-state index contributed by atoms with van der Waals surface area (Å²) >= 11 is 0. The number of benzene rings is 2. The molecule has 1 aromatic heterocycles. The monoisotopic (exact) mass is 393 g/mol. The van der Waals surface area contributed by atoms with Gasteiger partial charge >= 0.3 is 0 Å². The van der Waals surface area contributed by atoms with Crippen molar-refractivity contribution in [2.24, 2.45) is 0 Å². The molecule has 7 heteroatoms. The van der Waals surface area contributed by atoms with Gasteiger partial charge in [-0.05, 0) is 30.7 Å². The maximum Gasteiger partial charge on any atom is 0.258 e. The van der Waals surface area contributed by atoms with Crippen molar-refractivity contribution < 1.29 is 18.8 Å². The van der Waals surface area contributed by atoms with E-state index in [2.05, 4.69) is 10.1 Å². The van der Waals surface area contributed by atoms with Gasteiger partial charge in [-0.1, -0.05) is 23.4 Å². The molecule has 4 rings (SSSR count). The van der Waals surface area contributed by atoms with Gasteiger partial charge in [-0.3, -0.25) is 4.79 Å². The van der Waals surface area contributed by atoms with Gasteiger partial charge in [0.2, 0.25) is 5.91 Å². The van der Waals surface area contributed by atoms with Crippen LogP contribution in [0, 0.1) is 6.92 Å². The van der Waals surface area contributed by atoms with Crippen LogP contribution in [0.4, 0.5) is 0 Å². The molecule has 0 aliphatic carbocycles. The Balaban J connectivity index is 1.50. The summed E-state index contributed by atoms with van der Waals surface area (Å²) in [6.07, 6.45) is 0.366. The predicted molar refractivity (Wildman–Crippen MR) is 107 cm³/mol. The molecule has 0 radical (unpaired) electrons. The van der Waals surface area contributed by atoms with Gasteiger partial charge in [0.25, 0.3) is 5.89 Å². The molecule has 2 aromatic carbocycles. The second kappa shape index (κ2) is 7.95. The van der Waals surface area contributed by atoms with Gasteiger partial charge in [-0.2, -0.15) is 4.98 Å². The molecule has 2 heterocycles. The second-order valence-electron chi connectivity index (χ2n) is 7.13. The van der Waals surface area contributed by atoms with Crippen LogP contribution in [0.15, 0.2) is 47.0 Å². The zero-order valence-electron chi connectivity index (χ0n) is 16.7. The van der Waals surface area contributed by atoms with Crippen molar-refractivity contribution in [3.05, 3.63) is 59.4 Å². The third-order valence-corrected chi connectivity index (χ3v) is 5.25. The van der Waals surface area contributed by atoms with Crippen molar-refractivity contribution in [2.75, 3.05) is 20.8 Å². The van der Waals surface area contributed by atoms with Crippen molar-refractivity contribution >= 4 is 5.91 Å². The molecule has 7 nitrogen and oxygen atoms in total. The number of carbonyl (C=O) groups excluding carboxylic acids is 1. The summed E-state index contributed by atoms with van der Waals surface area (Å²) in [6.45, 7) is 3.01. The molecule has 0 spiro atoms. The number of ether oxygens (including phenoxy) is 2. The third kappa shape index (κ3) is 3.81. The Morgan fingerprint density at radius 2 is 2.00 bits per heavy atom. The SMILES string of the molecule is COc1ccc(CN2CC(c3noc(-c4ccccc4C)n3)CC2=O)c(OC)c1. The lowest BCUT2D eigenvalue weighted by Gasteiger charge is -2.18. The van der Waals surface area contributed by atoms with Crippen LogP contribution in [-0.2, 0) is 11.3 Å². The lowest BCUT2D eigenvalue weighted by Crippen LogP contribution is -2.24. The summed E-state index contributed by atoms with van der Waals surface area (Å²) in [5.41, 5.74) is 2.91. The van der Waals surface area contributed by atoms with Gasteiger partial charge in [-0.25, -0.2) is 0 Å². The molecular formula is C22H23N3O4. The Morgan fingerprint density at radius 1 is 1.17 bits per heavy atom. The minimum Gasteiger partial charge on any atom is -0.497 e. The van der Waals surface area contributed by atoms with Crippen LogP contribution in [0.5, 0.6) is 11.5 Å². The summed E-state index contributed by atoms with van der Waals surface area (Å²) in [4.78, 5) is 19.0. The number of likely N-dealkylation sites (tertiary alicyclic amines) is 1. The number of hydrogen-bond acceptors (Lipinski definition) is 6. The maximum absolute atomic E-state index is 12.6. The van der Waals surface area contributed by atoms with Crippen LogP contribution in [-0.4, -0.2) is 41.7 Å². The number of rotatable bonds is 6. The van der Waals surface area contributed by atoms with E-state index >= 15 is 0 Å². The first-order valence-electron chi connectivity index (χ1n) is 9.47. The van der Waals surface area contributed by atoms with Gasteiger partial charge in [-0.15, -0.1) is 0 Å². The average Bonchev–Trinajstić information content (AvgIpc) is 3.36. The molecule has 0 N–H and O–H groups in total. The summed E-state index contributed by atoms with van der Waals surface area (Å²) in [5.74, 6) is 2.44. The molecule has 3 aromatic rings. The number of methoxy groups -OCH3 is 2. The molecule has 1 unspecified atom stereocenters. The fourth-order valence-corrected chi connectivity index (χ4v) is 3.61. The maximum atomic E-state index is 12.6. The highest BCUT2D eigenvalue weighted by molar-refractivity contribution is 5.79. The van der Waals surface area contributed by atoms with Crippen LogP contribution in [0.2, 0.25) is 0 Å². The van der Waals surface area contributed by atoms with E-state index in [0.717, 1.165) is 16.7 Å². The minimum absolute atomic E-state index is 0.0649. The van der Waals surface area contributed by atoms with Crippen LogP contribution in [0.3, 0.4) is 0 Å². The van der Waals surface area contributed by atoms with Gasteiger partial charge in [0.1, 0.15) is 11.5 Å². The number of nitrogens with zero attached hydrogens (tertiary/aromatic N) is 3. The number of amides is 1. The molecular weight excluding hydrogens is 370 g/mol. The third-order valence-electron chi connectivity index (χ3n) is 5.25. The predicted octanol–water partition coefficient (Wildman–Crippen LogP) is 3.58. The molecule has 0 bridgehead atoms. The summed E-state index contributed by atoms with van der Waals surface area (Å²) in [5, 5.41) is 4.14. The van der Waals surface area contributed by atoms with E-state index in [1.165, 1.54) is 0 Å². The largest absolute Gasteiger partial charge is 0.497 e. The van der Waals surface area contributed by atoms with Crippen LogP contribution in [0.1, 0.15) is 29.3 Å². The van der Waals surface area contributed by atoms with E-state index in [4.69, 9.17) is 14.0 Å². The fourth-order valence-electron chi connectivity index (χ4n) is 3.61. The normalized spacial score (nSPS) is 16.3. The Bertz CT molecular complexity index is 1030. The molecule has 0 saturated carbocycles. The lowest BCUT2D eigenvalue weighted by molar-refractivity contribution is -0.128. The summed E-state index contributed by atoms with van der Waals surface area (Å²) < 4.78 is 16.2. The highest BCUT2D eigenvalue weighted by atomic mass is 16.5. The quantitative estimate of drug-likeness (QED) is 0.637. The van der Waals surface area contributed by atoms with Crippen LogP contribution in [0.25, 0.3) is 11.5 Å². The fraction of sp³-hybridized carbons (Fsp3) is 0.318. The smallest absolute Gasteiger partial charge is 0.258 e. The van der Waals surface area contributed by atoms with E-state index in [-0.39, 0.29) is 11.8 Å². The molecule has 1 atom stereocenters. The van der Waals surface area contributed by atoms with Gasteiger partial charge < -0.3 is 18.9 Å². The Morgan fingerprint density at radius 3 is 2.76 bits per heavy atom. The van der Waals surface area contributed by atoms with Crippen molar-refractivity contribution in [2.45, 2.75) is 25.8 Å². The van der Waals surface area contributed by atoms with E-state index in [0.29, 0.717) is 42.7 Å². The molecule has 1 amide bonds. The highest BCUT2D eigenvalue weighted by Crippen LogP contribution is 2.32. The molecule has 29 heavy (non-hydrogen) atoms. The molecule has 150 valence electrons. The first-order chi connectivity index (χ1) is 14.1. The van der Waals surface area contributed by atoms with Crippen molar-refractivity contribution in [1.29, 1.82) is 0 Å². The topological polar surface area (TPSA) is 77.7 Å². The van der Waals surface area contributed by atoms with Gasteiger partial charge in [0.05, 0.1) is 14.2 Å². The summed E-state index contributed by atoms with van der Waals surface area (Å²) in [6, 6.07) is 13.5. The number of hydrogen-bond donors (Lipinski definition) is 0. The zero-order chi connectivity index (χ0) is 20.4. The van der Waals surface area contributed by atoms with E-state index in [9.17, 15) is 4.79 Å².